The van der Waals surface area contributed by atoms with Gasteiger partial charge in [0.2, 0.25) is 10.0 Å². The van der Waals surface area contributed by atoms with Crippen LogP contribution in [-0.2, 0) is 14.8 Å². The van der Waals surface area contributed by atoms with Crippen molar-refractivity contribution < 1.29 is 27.5 Å². The van der Waals surface area contributed by atoms with Gasteiger partial charge in [0.1, 0.15) is 10.6 Å². The van der Waals surface area contributed by atoms with E-state index in [1.807, 2.05) is 0 Å². The Morgan fingerprint density at radius 2 is 1.60 bits per heavy atom. The largest absolute Gasteiger partial charge is 0.495 e. The van der Waals surface area contributed by atoms with Crippen molar-refractivity contribution in [3.8, 4) is 5.75 Å². The number of esters is 1. The molecule has 160 valence electrons. The minimum atomic E-state index is -3.84. The van der Waals surface area contributed by atoms with Crippen LogP contribution >= 0.6 is 0 Å². The number of benzene rings is 2. The van der Waals surface area contributed by atoms with Gasteiger partial charge in [-0.25, -0.2) is 17.9 Å². The first-order chi connectivity index (χ1) is 14.3. The Morgan fingerprint density at radius 1 is 0.967 bits per heavy atom. The summed E-state index contributed by atoms with van der Waals surface area (Å²) in [4.78, 5) is 24.1. The lowest BCUT2D eigenvalue weighted by molar-refractivity contribution is 0.0600. The number of hydrogen-bond acceptors (Lipinski definition) is 6. The molecule has 1 fully saturated rings. The first-order valence-corrected chi connectivity index (χ1v) is 11.0. The van der Waals surface area contributed by atoms with Gasteiger partial charge in [-0.3, -0.25) is 4.79 Å². The molecule has 0 spiro atoms. The number of amides is 1. The number of sulfonamides is 1. The summed E-state index contributed by atoms with van der Waals surface area (Å²) in [6.45, 7) is 0. The van der Waals surface area contributed by atoms with E-state index in [2.05, 4.69) is 14.8 Å². The van der Waals surface area contributed by atoms with Gasteiger partial charge in [-0.05, 0) is 55.3 Å². The number of methoxy groups -OCH3 is 2. The van der Waals surface area contributed by atoms with Crippen LogP contribution in [0, 0.1) is 0 Å². The zero-order valence-electron chi connectivity index (χ0n) is 16.8. The maximum absolute atomic E-state index is 12.9. The van der Waals surface area contributed by atoms with Crippen molar-refractivity contribution in [2.75, 3.05) is 19.5 Å². The van der Waals surface area contributed by atoms with Crippen LogP contribution in [0.25, 0.3) is 0 Å². The Kier molecular flexibility index (Phi) is 6.73. The molecule has 8 nitrogen and oxygen atoms in total. The number of ether oxygens (including phenoxy) is 2. The average molecular weight is 432 g/mol. The molecule has 0 radical (unpaired) electrons. The summed E-state index contributed by atoms with van der Waals surface area (Å²) in [7, 11) is -1.17. The molecule has 0 heterocycles. The molecule has 1 amide bonds. The fourth-order valence-electron chi connectivity index (χ4n) is 3.37. The lowest BCUT2D eigenvalue weighted by Gasteiger charge is -2.16. The van der Waals surface area contributed by atoms with Crippen molar-refractivity contribution in [2.24, 2.45) is 0 Å². The fraction of sp³-hybridized carbons (Fsp3) is 0.333. The molecule has 2 aromatic rings. The molecule has 2 N–H and O–H groups in total. The standard InChI is InChI=1S/C21H24N2O6S/c1-28-18-12-9-15(13-19(18)30(26,27)23-17-5-3-4-6-17)20(24)22-16-10-7-14(8-11-16)21(25)29-2/h7-13,17,23H,3-6H2,1-2H3,(H,22,24). The van der Waals surface area contributed by atoms with E-state index in [0.29, 0.717) is 11.3 Å². The summed E-state index contributed by atoms with van der Waals surface area (Å²) in [5.74, 6) is -0.798. The Balaban J connectivity index is 1.81. The molecule has 2 aromatic carbocycles. The second-order valence-corrected chi connectivity index (χ2v) is 8.67. The van der Waals surface area contributed by atoms with Crippen molar-refractivity contribution in [1.82, 2.24) is 4.72 Å². The van der Waals surface area contributed by atoms with E-state index in [9.17, 15) is 18.0 Å². The smallest absolute Gasteiger partial charge is 0.337 e. The van der Waals surface area contributed by atoms with E-state index in [4.69, 9.17) is 4.74 Å². The highest BCUT2D eigenvalue weighted by atomic mass is 32.2. The van der Waals surface area contributed by atoms with Gasteiger partial charge in [-0.1, -0.05) is 12.8 Å². The highest BCUT2D eigenvalue weighted by molar-refractivity contribution is 7.89. The highest BCUT2D eigenvalue weighted by Crippen LogP contribution is 2.27. The predicted octanol–water partition coefficient (Wildman–Crippen LogP) is 2.96. The monoisotopic (exact) mass is 432 g/mol. The number of carbonyl (C=O) groups excluding carboxylic acids is 2. The first kappa shape index (κ1) is 21.8. The summed E-state index contributed by atoms with van der Waals surface area (Å²) < 4.78 is 38.3. The van der Waals surface area contributed by atoms with Gasteiger partial charge in [-0.2, -0.15) is 0 Å². The van der Waals surface area contributed by atoms with Crippen LogP contribution in [0.3, 0.4) is 0 Å². The lowest BCUT2D eigenvalue weighted by Crippen LogP contribution is -2.33. The molecule has 1 saturated carbocycles. The van der Waals surface area contributed by atoms with E-state index >= 15 is 0 Å². The predicted molar refractivity (Wildman–Crippen MR) is 111 cm³/mol. The minimum Gasteiger partial charge on any atom is -0.495 e. The number of hydrogen-bond donors (Lipinski definition) is 2. The van der Waals surface area contributed by atoms with Crippen LogP contribution in [-0.4, -0.2) is 40.6 Å². The number of rotatable bonds is 7. The molecular formula is C21H24N2O6S. The quantitative estimate of drug-likeness (QED) is 0.651. The molecular weight excluding hydrogens is 408 g/mol. The van der Waals surface area contributed by atoms with Gasteiger partial charge in [0.25, 0.3) is 5.91 Å². The molecule has 1 aliphatic carbocycles. The molecule has 0 saturated heterocycles. The van der Waals surface area contributed by atoms with Crippen LogP contribution in [0.5, 0.6) is 5.75 Å². The van der Waals surface area contributed by atoms with E-state index in [0.717, 1.165) is 25.7 Å². The maximum Gasteiger partial charge on any atom is 0.337 e. The zero-order valence-corrected chi connectivity index (χ0v) is 17.6. The number of carbonyl (C=O) groups is 2. The van der Waals surface area contributed by atoms with Crippen molar-refractivity contribution in [3.05, 3.63) is 53.6 Å². The van der Waals surface area contributed by atoms with E-state index in [1.165, 1.54) is 44.6 Å². The number of anilines is 1. The molecule has 3 rings (SSSR count). The maximum atomic E-state index is 12.9. The summed E-state index contributed by atoms with van der Waals surface area (Å²) in [5.41, 5.74) is 0.975. The topological polar surface area (TPSA) is 111 Å². The molecule has 9 heteroatoms. The van der Waals surface area contributed by atoms with E-state index < -0.39 is 21.9 Å². The van der Waals surface area contributed by atoms with Crippen molar-refractivity contribution >= 4 is 27.6 Å². The Hall–Kier alpha value is -2.91. The molecule has 0 atom stereocenters. The molecule has 0 aromatic heterocycles. The second-order valence-electron chi connectivity index (χ2n) is 6.99. The highest BCUT2D eigenvalue weighted by Gasteiger charge is 2.26. The van der Waals surface area contributed by atoms with Crippen LogP contribution in [0.1, 0.15) is 46.4 Å². The Bertz CT molecular complexity index is 1030. The van der Waals surface area contributed by atoms with Gasteiger partial charge in [0.05, 0.1) is 19.8 Å². The summed E-state index contributed by atoms with van der Waals surface area (Å²) in [5, 5.41) is 2.68. The van der Waals surface area contributed by atoms with Gasteiger partial charge in [0, 0.05) is 17.3 Å². The van der Waals surface area contributed by atoms with Gasteiger partial charge >= 0.3 is 5.97 Å². The van der Waals surface area contributed by atoms with Crippen LogP contribution in [0.2, 0.25) is 0 Å². The minimum absolute atomic E-state index is 0.0782. The van der Waals surface area contributed by atoms with Crippen LogP contribution in [0.4, 0.5) is 5.69 Å². The Morgan fingerprint density at radius 3 is 2.20 bits per heavy atom. The molecule has 30 heavy (non-hydrogen) atoms. The average Bonchev–Trinajstić information content (AvgIpc) is 3.25. The third kappa shape index (κ3) is 4.98. The molecule has 1 aliphatic rings. The summed E-state index contributed by atoms with van der Waals surface area (Å²) in [6.07, 6.45) is 3.57. The summed E-state index contributed by atoms with van der Waals surface area (Å²) >= 11 is 0. The molecule has 0 aliphatic heterocycles. The van der Waals surface area contributed by atoms with Crippen molar-refractivity contribution in [1.29, 1.82) is 0 Å². The van der Waals surface area contributed by atoms with E-state index in [1.54, 1.807) is 12.1 Å². The van der Waals surface area contributed by atoms with Crippen LogP contribution < -0.4 is 14.8 Å². The van der Waals surface area contributed by atoms with Gasteiger partial charge < -0.3 is 14.8 Å². The third-order valence-electron chi connectivity index (χ3n) is 4.96. The van der Waals surface area contributed by atoms with Gasteiger partial charge in [0.15, 0.2) is 0 Å². The normalized spacial score (nSPS) is 14.3. The molecule has 0 bridgehead atoms. The second kappa shape index (κ2) is 9.27. The van der Waals surface area contributed by atoms with Crippen LogP contribution in [0.15, 0.2) is 47.4 Å². The Labute approximate surface area is 175 Å². The van der Waals surface area contributed by atoms with Crippen molar-refractivity contribution in [2.45, 2.75) is 36.6 Å². The molecule has 0 unspecified atom stereocenters. The fourth-order valence-corrected chi connectivity index (χ4v) is 4.87. The SMILES string of the molecule is COC(=O)c1ccc(NC(=O)c2ccc(OC)c(S(=O)(=O)NC3CCCC3)c2)cc1. The number of nitrogens with one attached hydrogen (secondary N) is 2. The first-order valence-electron chi connectivity index (χ1n) is 9.54. The summed E-state index contributed by atoms with van der Waals surface area (Å²) in [6, 6.07) is 10.3. The lowest BCUT2D eigenvalue weighted by atomic mass is 10.1. The zero-order chi connectivity index (χ0) is 21.7. The van der Waals surface area contributed by atoms with Gasteiger partial charge in [-0.15, -0.1) is 0 Å². The third-order valence-corrected chi connectivity index (χ3v) is 6.50. The van der Waals surface area contributed by atoms with E-state index in [-0.39, 0.29) is 22.3 Å². The van der Waals surface area contributed by atoms with Crippen molar-refractivity contribution in [3.63, 3.8) is 0 Å².